The minimum absolute atomic E-state index is 0. The molecule has 1 aliphatic heterocycles. The van der Waals surface area contributed by atoms with Gasteiger partial charge in [-0.05, 0) is 30.2 Å². The van der Waals surface area contributed by atoms with Gasteiger partial charge in [-0.2, -0.15) is 0 Å². The summed E-state index contributed by atoms with van der Waals surface area (Å²) in [7, 11) is -3.76. The van der Waals surface area contributed by atoms with Crippen LogP contribution in [0, 0.1) is 24.8 Å². The summed E-state index contributed by atoms with van der Waals surface area (Å²) in [6, 6.07) is 15.6. The second-order valence-corrected chi connectivity index (χ2v) is 7.25. The second-order valence-electron chi connectivity index (χ2n) is 5.37. The Balaban J connectivity index is 0.00000225. The van der Waals surface area contributed by atoms with E-state index >= 15 is 0 Å². The predicted octanol–water partition coefficient (Wildman–Crippen LogP) is 3.15. The quantitative estimate of drug-likeness (QED) is 0.584. The summed E-state index contributed by atoms with van der Waals surface area (Å²) in [5.74, 6) is 0. The van der Waals surface area contributed by atoms with Gasteiger partial charge in [-0.3, -0.25) is 0 Å². The van der Waals surface area contributed by atoms with Crippen LogP contribution in [-0.4, -0.2) is 13.9 Å². The standard InChI is InChI=1S/C19H12N2O2S.H2O/c1-13-7-9-14(10-8-13)11-18-19(16(12-20)21-2)15-5-3-4-6-17(15)24(18,22)23;/h3-11H,1H3;1H2/b18-11?,19-16+;. The van der Waals surface area contributed by atoms with Crippen LogP contribution in [0.25, 0.3) is 16.5 Å². The Morgan fingerprint density at radius 3 is 2.40 bits per heavy atom. The van der Waals surface area contributed by atoms with Crippen molar-refractivity contribution >= 4 is 21.5 Å². The number of benzene rings is 2. The van der Waals surface area contributed by atoms with Crippen LogP contribution in [-0.2, 0) is 9.84 Å². The van der Waals surface area contributed by atoms with Crippen LogP contribution in [0.15, 0.2) is 64.0 Å². The van der Waals surface area contributed by atoms with Crippen LogP contribution >= 0.6 is 0 Å². The first-order chi connectivity index (χ1) is 11.5. The topological polar surface area (TPSA) is 93.8 Å². The van der Waals surface area contributed by atoms with Gasteiger partial charge in [0.1, 0.15) is 0 Å². The number of aryl methyl sites for hydroxylation is 1. The van der Waals surface area contributed by atoms with Crippen molar-refractivity contribution in [2.45, 2.75) is 11.8 Å². The molecule has 0 bridgehead atoms. The van der Waals surface area contributed by atoms with Crippen LogP contribution < -0.4 is 0 Å². The SMILES string of the molecule is O.[C-]#[N+]/C(C#N)=C1/C(=Cc2ccc(C)cc2)S(=O)(=O)c2ccccc21. The molecule has 0 radical (unpaired) electrons. The lowest BCUT2D eigenvalue weighted by Crippen LogP contribution is -1.98. The van der Waals surface area contributed by atoms with Gasteiger partial charge >= 0.3 is 0 Å². The lowest BCUT2D eigenvalue weighted by atomic mass is 10.0. The molecule has 0 atom stereocenters. The molecule has 0 aromatic heterocycles. The molecular weight excluding hydrogens is 336 g/mol. The molecule has 0 aliphatic carbocycles. The molecule has 6 heteroatoms. The zero-order valence-corrected chi connectivity index (χ0v) is 14.1. The number of hydrogen-bond donors (Lipinski definition) is 0. The summed E-state index contributed by atoms with van der Waals surface area (Å²) in [4.78, 5) is 3.36. The third kappa shape index (κ3) is 2.97. The maximum absolute atomic E-state index is 12.9. The number of sulfone groups is 1. The lowest BCUT2D eigenvalue weighted by molar-refractivity contribution is 0.604. The second kappa shape index (κ2) is 6.74. The Morgan fingerprint density at radius 2 is 1.80 bits per heavy atom. The van der Waals surface area contributed by atoms with Gasteiger partial charge in [0.25, 0.3) is 5.70 Å². The number of fused-ring (bicyclic) bond motifs is 1. The van der Waals surface area contributed by atoms with E-state index in [-0.39, 0.29) is 26.5 Å². The molecule has 124 valence electrons. The fourth-order valence-electron chi connectivity index (χ4n) is 2.64. The van der Waals surface area contributed by atoms with Crippen molar-refractivity contribution < 1.29 is 13.9 Å². The van der Waals surface area contributed by atoms with E-state index in [1.807, 2.05) is 37.3 Å². The molecule has 25 heavy (non-hydrogen) atoms. The Bertz CT molecular complexity index is 1060. The predicted molar refractivity (Wildman–Crippen MR) is 95.5 cm³/mol. The molecule has 0 saturated carbocycles. The summed E-state index contributed by atoms with van der Waals surface area (Å²) in [6.07, 6.45) is 1.52. The lowest BCUT2D eigenvalue weighted by Gasteiger charge is -2.03. The largest absolute Gasteiger partial charge is 0.412 e. The number of allylic oxidation sites excluding steroid dienone is 2. The molecular formula is C19H14N2O3S. The van der Waals surface area contributed by atoms with E-state index in [1.54, 1.807) is 18.2 Å². The fraction of sp³-hybridized carbons (Fsp3) is 0.0526. The molecule has 0 amide bonds. The highest BCUT2D eigenvalue weighted by molar-refractivity contribution is 7.96. The number of nitriles is 1. The van der Waals surface area contributed by atoms with Gasteiger partial charge in [0.05, 0.1) is 22.4 Å². The van der Waals surface area contributed by atoms with Crippen molar-refractivity contribution in [1.29, 1.82) is 5.26 Å². The van der Waals surface area contributed by atoms with Crippen LogP contribution in [0.1, 0.15) is 16.7 Å². The number of nitrogens with zero attached hydrogens (tertiary/aromatic N) is 2. The smallest absolute Gasteiger partial charge is 0.270 e. The van der Waals surface area contributed by atoms with Crippen molar-refractivity contribution in [2.24, 2.45) is 0 Å². The molecule has 1 aliphatic rings. The van der Waals surface area contributed by atoms with E-state index in [9.17, 15) is 13.7 Å². The maximum Gasteiger partial charge on any atom is 0.270 e. The molecule has 2 aromatic rings. The van der Waals surface area contributed by atoms with Crippen LogP contribution in [0.4, 0.5) is 0 Å². The van der Waals surface area contributed by atoms with E-state index in [0.717, 1.165) is 5.56 Å². The molecule has 5 nitrogen and oxygen atoms in total. The van der Waals surface area contributed by atoms with Gasteiger partial charge in [0.15, 0.2) is 0 Å². The van der Waals surface area contributed by atoms with Crippen LogP contribution in [0.3, 0.4) is 0 Å². The molecule has 2 N–H and O–H groups in total. The molecule has 0 saturated heterocycles. The Kier molecular flexibility index (Phi) is 4.89. The van der Waals surface area contributed by atoms with E-state index in [2.05, 4.69) is 4.85 Å². The van der Waals surface area contributed by atoms with E-state index in [1.165, 1.54) is 12.1 Å². The van der Waals surface area contributed by atoms with Crippen molar-refractivity contribution in [3.63, 3.8) is 0 Å². The highest BCUT2D eigenvalue weighted by Crippen LogP contribution is 2.45. The van der Waals surface area contributed by atoms with Crippen LogP contribution in [0.2, 0.25) is 0 Å². The third-order valence-corrected chi connectivity index (χ3v) is 5.65. The van der Waals surface area contributed by atoms with Crippen LogP contribution in [0.5, 0.6) is 0 Å². The first-order valence-corrected chi connectivity index (χ1v) is 8.62. The van der Waals surface area contributed by atoms with Crippen molar-refractivity contribution in [1.82, 2.24) is 0 Å². The summed E-state index contributed by atoms with van der Waals surface area (Å²) in [6.45, 7) is 9.16. The van der Waals surface area contributed by atoms with Crippen molar-refractivity contribution in [3.05, 3.63) is 87.2 Å². The Morgan fingerprint density at radius 1 is 1.16 bits per heavy atom. The van der Waals surface area contributed by atoms with Crippen molar-refractivity contribution in [3.8, 4) is 6.07 Å². The molecule has 0 fully saturated rings. The summed E-state index contributed by atoms with van der Waals surface area (Å²) >= 11 is 0. The van der Waals surface area contributed by atoms with Gasteiger partial charge in [0.2, 0.25) is 9.84 Å². The van der Waals surface area contributed by atoms with Gasteiger partial charge in [-0.1, -0.05) is 48.0 Å². The number of rotatable bonds is 1. The number of hydrogen-bond acceptors (Lipinski definition) is 3. The van der Waals surface area contributed by atoms with Gasteiger partial charge in [-0.25, -0.2) is 18.5 Å². The average molecular weight is 350 g/mol. The van der Waals surface area contributed by atoms with Gasteiger partial charge < -0.3 is 5.48 Å². The van der Waals surface area contributed by atoms with E-state index in [0.29, 0.717) is 11.1 Å². The zero-order valence-electron chi connectivity index (χ0n) is 13.3. The minimum atomic E-state index is -3.76. The van der Waals surface area contributed by atoms with Crippen molar-refractivity contribution in [2.75, 3.05) is 0 Å². The molecule has 1 heterocycles. The van der Waals surface area contributed by atoms with E-state index in [4.69, 9.17) is 6.57 Å². The molecule has 0 spiro atoms. The van der Waals surface area contributed by atoms with Gasteiger partial charge in [0, 0.05) is 5.57 Å². The van der Waals surface area contributed by atoms with Gasteiger partial charge in [-0.15, -0.1) is 0 Å². The highest BCUT2D eigenvalue weighted by Gasteiger charge is 2.37. The minimum Gasteiger partial charge on any atom is -0.412 e. The average Bonchev–Trinajstić information content (AvgIpc) is 2.80. The normalized spacial score (nSPS) is 17.8. The fourth-order valence-corrected chi connectivity index (χ4v) is 4.36. The molecule has 3 rings (SSSR count). The Hall–Kier alpha value is -3.19. The highest BCUT2D eigenvalue weighted by atomic mass is 32.2. The summed E-state index contributed by atoms with van der Waals surface area (Å²) in [5, 5.41) is 9.26. The molecule has 2 aromatic carbocycles. The third-order valence-electron chi connectivity index (χ3n) is 3.81. The first kappa shape index (κ1) is 18.2. The summed E-state index contributed by atoms with van der Waals surface area (Å²) in [5.41, 5.74) is 2.13. The monoisotopic (exact) mass is 350 g/mol. The van der Waals surface area contributed by atoms with E-state index < -0.39 is 9.84 Å². The maximum atomic E-state index is 12.9. The Labute approximate surface area is 146 Å². The molecule has 0 unspecified atom stereocenters. The summed E-state index contributed by atoms with van der Waals surface area (Å²) < 4.78 is 25.8. The zero-order chi connectivity index (χ0) is 17.3. The first-order valence-electron chi connectivity index (χ1n) is 7.14.